The van der Waals surface area contributed by atoms with Crippen LogP contribution >= 0.6 is 22.6 Å². The van der Waals surface area contributed by atoms with Crippen LogP contribution in [-0.4, -0.2) is 40.9 Å². The minimum Gasteiger partial charge on any atom is -0.288 e. The summed E-state index contributed by atoms with van der Waals surface area (Å²) < 4.78 is 68.7. The molecule has 186 valence electrons. The third kappa shape index (κ3) is 5.93. The van der Waals surface area contributed by atoms with Gasteiger partial charge in [0.1, 0.15) is 5.82 Å². The van der Waals surface area contributed by atoms with Crippen LogP contribution in [0, 0.1) is 12.7 Å². The molecule has 0 radical (unpaired) electrons. The van der Waals surface area contributed by atoms with E-state index in [1.807, 2.05) is 18.2 Å². The number of hydrogen-bond donors (Lipinski definition) is 1. The Morgan fingerprint density at radius 1 is 0.914 bits per heavy atom. The summed E-state index contributed by atoms with van der Waals surface area (Å²) in [4.78, 5) is 2.00. The minimum atomic E-state index is -4.00. The molecule has 1 fully saturated rings. The summed E-state index contributed by atoms with van der Waals surface area (Å²) in [6.45, 7) is 3.12. The van der Waals surface area contributed by atoms with E-state index in [-0.39, 0.29) is 24.8 Å². The highest BCUT2D eigenvalue weighted by Gasteiger charge is 2.29. The van der Waals surface area contributed by atoms with Crippen LogP contribution in [0.5, 0.6) is 0 Å². The van der Waals surface area contributed by atoms with Gasteiger partial charge in [0.05, 0.1) is 18.7 Å². The number of likely N-dealkylation sites (tertiary alicyclic amines) is 1. The summed E-state index contributed by atoms with van der Waals surface area (Å²) in [5.41, 5.74) is 1.66. The van der Waals surface area contributed by atoms with E-state index in [9.17, 15) is 21.2 Å². The Labute approximate surface area is 219 Å². The van der Waals surface area contributed by atoms with Crippen molar-refractivity contribution >= 4 is 42.5 Å². The van der Waals surface area contributed by atoms with Crippen molar-refractivity contribution in [1.82, 2.24) is 9.62 Å². The number of sulfone groups is 1. The highest BCUT2D eigenvalue weighted by atomic mass is 127. The smallest absolute Gasteiger partial charge is 0.241 e. The summed E-state index contributed by atoms with van der Waals surface area (Å²) >= 11 is 2.40. The molecule has 0 aromatic heterocycles. The van der Waals surface area contributed by atoms with Gasteiger partial charge in [-0.1, -0.05) is 59.0 Å². The third-order valence-corrected chi connectivity index (χ3v) is 11.1. The van der Waals surface area contributed by atoms with Crippen molar-refractivity contribution in [3.05, 3.63) is 89.7 Å². The largest absolute Gasteiger partial charge is 0.288 e. The zero-order valence-corrected chi connectivity index (χ0v) is 22.9. The lowest BCUT2D eigenvalue weighted by molar-refractivity contribution is 0.202. The van der Waals surface area contributed by atoms with E-state index in [0.29, 0.717) is 18.4 Å². The van der Waals surface area contributed by atoms with Gasteiger partial charge >= 0.3 is 0 Å². The SMILES string of the molecule is Cc1ccc(S(=O)(=O)c2ccc(F)cc2)cc1S(=O)(=O)NC1CCN(C(I)c2ccccc2)CC1. The molecule has 0 amide bonds. The molecule has 3 aromatic rings. The maximum Gasteiger partial charge on any atom is 0.241 e. The van der Waals surface area contributed by atoms with Gasteiger partial charge in [-0.15, -0.1) is 0 Å². The number of nitrogens with one attached hydrogen (secondary N) is 1. The Morgan fingerprint density at radius 3 is 2.14 bits per heavy atom. The van der Waals surface area contributed by atoms with E-state index in [2.05, 4.69) is 44.3 Å². The van der Waals surface area contributed by atoms with Gasteiger partial charge in [-0.3, -0.25) is 4.90 Å². The molecular weight excluding hydrogens is 602 g/mol. The van der Waals surface area contributed by atoms with Crippen molar-refractivity contribution in [2.24, 2.45) is 0 Å². The topological polar surface area (TPSA) is 83.5 Å². The molecule has 4 rings (SSSR count). The van der Waals surface area contributed by atoms with Crippen LogP contribution in [0.1, 0.15) is 28.0 Å². The maximum atomic E-state index is 13.2. The number of alkyl halides is 1. The predicted octanol–water partition coefficient (Wildman–Crippen LogP) is 4.84. The second-order valence-electron chi connectivity index (χ2n) is 8.56. The number of piperidine rings is 1. The fourth-order valence-electron chi connectivity index (χ4n) is 4.14. The maximum absolute atomic E-state index is 13.2. The molecule has 1 unspecified atom stereocenters. The fraction of sp³-hybridized carbons (Fsp3) is 0.280. The third-order valence-electron chi connectivity index (χ3n) is 6.13. The van der Waals surface area contributed by atoms with Crippen LogP contribution in [0.15, 0.2) is 87.5 Å². The average Bonchev–Trinajstić information content (AvgIpc) is 2.84. The number of rotatable bonds is 7. The molecule has 3 aromatic carbocycles. The van der Waals surface area contributed by atoms with Crippen LogP contribution in [0.4, 0.5) is 4.39 Å². The van der Waals surface area contributed by atoms with Gasteiger partial charge in [0.15, 0.2) is 0 Å². The first kappa shape index (κ1) is 26.2. The van der Waals surface area contributed by atoms with E-state index >= 15 is 0 Å². The Kier molecular flexibility index (Phi) is 7.96. The van der Waals surface area contributed by atoms with Gasteiger partial charge in [0.25, 0.3) is 0 Å². The first-order valence-corrected chi connectivity index (χ1v) is 15.4. The molecule has 1 N–H and O–H groups in total. The quantitative estimate of drug-likeness (QED) is 0.175. The predicted molar refractivity (Wildman–Crippen MR) is 141 cm³/mol. The van der Waals surface area contributed by atoms with Gasteiger partial charge in [-0.25, -0.2) is 25.9 Å². The Balaban J connectivity index is 1.49. The molecule has 0 spiro atoms. The molecule has 1 heterocycles. The van der Waals surface area contributed by atoms with Gasteiger partial charge < -0.3 is 0 Å². The van der Waals surface area contributed by atoms with Crippen LogP contribution in [0.25, 0.3) is 0 Å². The Hall–Kier alpha value is -1.86. The molecule has 1 atom stereocenters. The molecule has 35 heavy (non-hydrogen) atoms. The van der Waals surface area contributed by atoms with Crippen LogP contribution in [0.2, 0.25) is 0 Å². The zero-order chi connectivity index (χ0) is 25.2. The Morgan fingerprint density at radius 2 is 1.51 bits per heavy atom. The van der Waals surface area contributed by atoms with E-state index in [0.717, 1.165) is 25.2 Å². The van der Waals surface area contributed by atoms with Gasteiger partial charge in [0, 0.05) is 19.1 Å². The van der Waals surface area contributed by atoms with E-state index in [4.69, 9.17) is 0 Å². The fourth-order valence-corrected chi connectivity index (χ4v) is 8.05. The van der Waals surface area contributed by atoms with Crippen molar-refractivity contribution in [3.8, 4) is 0 Å². The molecule has 0 saturated carbocycles. The van der Waals surface area contributed by atoms with Crippen LogP contribution in [0.3, 0.4) is 0 Å². The molecule has 1 aliphatic heterocycles. The molecule has 1 saturated heterocycles. The number of halogens is 2. The second kappa shape index (κ2) is 10.6. The number of aryl methyl sites for hydroxylation is 1. The van der Waals surface area contributed by atoms with Crippen molar-refractivity contribution in [2.75, 3.05) is 13.1 Å². The van der Waals surface area contributed by atoms with Crippen molar-refractivity contribution in [1.29, 1.82) is 0 Å². The molecule has 0 bridgehead atoms. The number of sulfonamides is 1. The van der Waals surface area contributed by atoms with E-state index in [1.54, 1.807) is 6.92 Å². The van der Waals surface area contributed by atoms with Crippen molar-refractivity contribution < 1.29 is 21.2 Å². The number of hydrogen-bond acceptors (Lipinski definition) is 5. The molecule has 6 nitrogen and oxygen atoms in total. The summed E-state index contributed by atoms with van der Waals surface area (Å²) in [5, 5.41) is 0. The average molecular weight is 629 g/mol. The van der Waals surface area contributed by atoms with Gasteiger partial charge in [-0.05, 0) is 67.3 Å². The highest BCUT2D eigenvalue weighted by Crippen LogP contribution is 2.31. The minimum absolute atomic E-state index is 0.0702. The normalized spacial score (nSPS) is 16.8. The van der Waals surface area contributed by atoms with Gasteiger partial charge in [0.2, 0.25) is 19.9 Å². The zero-order valence-electron chi connectivity index (χ0n) is 19.1. The lowest BCUT2D eigenvalue weighted by atomic mass is 10.1. The van der Waals surface area contributed by atoms with E-state index < -0.39 is 25.7 Å². The standard InChI is InChI=1S/C25H26FIN2O4S2/c1-18-7-10-23(34(30,31)22-11-8-20(26)9-12-22)17-24(18)35(32,33)28-21-13-15-29(16-14-21)25(27)19-5-3-2-4-6-19/h2-12,17,21,25,28H,13-16H2,1H3. The molecule has 10 heteroatoms. The van der Waals surface area contributed by atoms with E-state index in [1.165, 1.54) is 35.9 Å². The monoisotopic (exact) mass is 628 g/mol. The second-order valence-corrected chi connectivity index (χ2v) is 13.4. The lowest BCUT2D eigenvalue weighted by Gasteiger charge is -2.35. The van der Waals surface area contributed by atoms with Crippen molar-refractivity contribution in [3.63, 3.8) is 0 Å². The lowest BCUT2D eigenvalue weighted by Crippen LogP contribution is -2.44. The Bertz CT molecular complexity index is 1390. The molecule has 0 aliphatic carbocycles. The first-order valence-electron chi connectivity index (χ1n) is 11.1. The van der Waals surface area contributed by atoms with Crippen LogP contribution in [-0.2, 0) is 19.9 Å². The molecule has 1 aliphatic rings. The summed E-state index contributed by atoms with van der Waals surface area (Å²) in [6, 6.07) is 18.4. The molecular formula is C25H26FIN2O4S2. The summed E-state index contributed by atoms with van der Waals surface area (Å²) in [5.74, 6) is -0.552. The summed E-state index contributed by atoms with van der Waals surface area (Å²) in [7, 11) is -7.94. The van der Waals surface area contributed by atoms with Crippen molar-refractivity contribution in [2.45, 2.75) is 44.5 Å². The van der Waals surface area contributed by atoms with Gasteiger partial charge in [-0.2, -0.15) is 0 Å². The number of benzene rings is 3. The van der Waals surface area contributed by atoms with Crippen LogP contribution < -0.4 is 4.72 Å². The highest BCUT2D eigenvalue weighted by molar-refractivity contribution is 14.1. The summed E-state index contributed by atoms with van der Waals surface area (Å²) in [6.07, 6.45) is 1.30. The number of nitrogens with zero attached hydrogens (tertiary/aromatic N) is 1. The first-order chi connectivity index (χ1) is 16.6.